The largest absolute Gasteiger partial charge is 0.465 e. The van der Waals surface area contributed by atoms with Crippen LogP contribution in [0.3, 0.4) is 0 Å². The molecule has 1 amide bonds. The van der Waals surface area contributed by atoms with Gasteiger partial charge < -0.3 is 9.73 Å². The zero-order chi connectivity index (χ0) is 10.6. The van der Waals surface area contributed by atoms with Crippen molar-refractivity contribution in [1.29, 1.82) is 0 Å². The predicted molar refractivity (Wildman–Crippen MR) is 55.6 cm³/mol. The van der Waals surface area contributed by atoms with Crippen LogP contribution in [-0.2, 0) is 4.79 Å². The summed E-state index contributed by atoms with van der Waals surface area (Å²) in [6.07, 6.45) is 4.67. The Bertz CT molecular complexity index is 318. The number of hydrogen-bond donors (Lipinski definition) is 1. The van der Waals surface area contributed by atoms with Gasteiger partial charge in [-0.05, 0) is 39.0 Å². The number of carbonyl (C=O) groups is 1. The number of amides is 1. The van der Waals surface area contributed by atoms with E-state index in [4.69, 9.17) is 4.42 Å². The Hall–Kier alpha value is -1.51. The van der Waals surface area contributed by atoms with Gasteiger partial charge in [-0.3, -0.25) is 4.79 Å². The van der Waals surface area contributed by atoms with Crippen molar-refractivity contribution >= 4 is 12.0 Å². The highest BCUT2D eigenvalue weighted by Gasteiger charge is 2.10. The number of rotatable bonds is 2. The number of furan rings is 1. The lowest BCUT2D eigenvalue weighted by Gasteiger charge is -2.18. The van der Waals surface area contributed by atoms with Gasteiger partial charge in [-0.1, -0.05) is 0 Å². The molecule has 1 aromatic heterocycles. The van der Waals surface area contributed by atoms with E-state index >= 15 is 0 Å². The van der Waals surface area contributed by atoms with E-state index in [1.54, 1.807) is 24.5 Å². The molecule has 0 aromatic carbocycles. The molecule has 1 N–H and O–H groups in total. The Morgan fingerprint density at radius 3 is 2.71 bits per heavy atom. The summed E-state index contributed by atoms with van der Waals surface area (Å²) in [4.78, 5) is 11.3. The van der Waals surface area contributed by atoms with Gasteiger partial charge >= 0.3 is 0 Å². The lowest BCUT2D eigenvalue weighted by molar-refractivity contribution is -0.117. The van der Waals surface area contributed by atoms with E-state index in [1.165, 1.54) is 6.08 Å². The second kappa shape index (κ2) is 4.13. The van der Waals surface area contributed by atoms with Gasteiger partial charge in [0.2, 0.25) is 5.91 Å². The van der Waals surface area contributed by atoms with Crippen molar-refractivity contribution in [2.75, 3.05) is 0 Å². The Kier molecular flexibility index (Phi) is 3.12. The van der Waals surface area contributed by atoms with E-state index in [9.17, 15) is 4.79 Å². The van der Waals surface area contributed by atoms with Crippen LogP contribution in [0.15, 0.2) is 28.9 Å². The third kappa shape index (κ3) is 3.94. The monoisotopic (exact) mass is 193 g/mol. The van der Waals surface area contributed by atoms with E-state index in [-0.39, 0.29) is 11.4 Å². The molecule has 14 heavy (non-hydrogen) atoms. The minimum absolute atomic E-state index is 0.117. The maximum Gasteiger partial charge on any atom is 0.244 e. The van der Waals surface area contributed by atoms with Gasteiger partial charge in [-0.25, -0.2) is 0 Å². The van der Waals surface area contributed by atoms with Gasteiger partial charge in [0.05, 0.1) is 6.26 Å². The quantitative estimate of drug-likeness (QED) is 0.732. The Labute approximate surface area is 83.8 Å². The fourth-order valence-electron chi connectivity index (χ4n) is 0.955. The van der Waals surface area contributed by atoms with Crippen LogP contribution in [0.4, 0.5) is 0 Å². The first-order valence-electron chi connectivity index (χ1n) is 4.51. The number of carbonyl (C=O) groups excluding carboxylic acids is 1. The summed E-state index contributed by atoms with van der Waals surface area (Å²) < 4.78 is 5.05. The van der Waals surface area contributed by atoms with Crippen LogP contribution in [0.1, 0.15) is 26.5 Å². The molecule has 0 saturated carbocycles. The number of hydrogen-bond acceptors (Lipinski definition) is 2. The van der Waals surface area contributed by atoms with Crippen LogP contribution in [0, 0.1) is 0 Å². The smallest absolute Gasteiger partial charge is 0.244 e. The molecule has 3 nitrogen and oxygen atoms in total. The second-order valence-corrected chi connectivity index (χ2v) is 4.09. The van der Waals surface area contributed by atoms with Crippen LogP contribution in [-0.4, -0.2) is 11.4 Å². The summed E-state index contributed by atoms with van der Waals surface area (Å²) >= 11 is 0. The Morgan fingerprint density at radius 2 is 2.21 bits per heavy atom. The summed E-state index contributed by atoms with van der Waals surface area (Å²) in [6, 6.07) is 3.57. The van der Waals surface area contributed by atoms with E-state index in [0.29, 0.717) is 5.76 Å². The van der Waals surface area contributed by atoms with E-state index < -0.39 is 0 Å². The summed E-state index contributed by atoms with van der Waals surface area (Å²) in [5.41, 5.74) is -0.204. The molecule has 0 spiro atoms. The van der Waals surface area contributed by atoms with Crippen molar-refractivity contribution in [3.63, 3.8) is 0 Å². The molecule has 0 aliphatic rings. The van der Waals surface area contributed by atoms with Crippen molar-refractivity contribution < 1.29 is 9.21 Å². The van der Waals surface area contributed by atoms with Gasteiger partial charge in [0.15, 0.2) is 0 Å². The zero-order valence-corrected chi connectivity index (χ0v) is 8.70. The molecule has 0 unspecified atom stereocenters. The van der Waals surface area contributed by atoms with Gasteiger partial charge in [-0.15, -0.1) is 0 Å². The van der Waals surface area contributed by atoms with Crippen LogP contribution in [0.2, 0.25) is 0 Å². The van der Waals surface area contributed by atoms with Crippen LogP contribution in [0.25, 0.3) is 6.08 Å². The highest BCUT2D eigenvalue weighted by Crippen LogP contribution is 2.03. The Balaban J connectivity index is 2.49. The maximum atomic E-state index is 11.3. The molecular formula is C11H15NO2. The third-order valence-electron chi connectivity index (χ3n) is 1.44. The molecule has 1 heterocycles. The Morgan fingerprint density at radius 1 is 1.50 bits per heavy atom. The minimum atomic E-state index is -0.204. The van der Waals surface area contributed by atoms with Gasteiger partial charge in [0.1, 0.15) is 5.76 Å². The van der Waals surface area contributed by atoms with E-state index in [1.807, 2.05) is 20.8 Å². The summed E-state index contributed by atoms with van der Waals surface area (Å²) in [7, 11) is 0. The minimum Gasteiger partial charge on any atom is -0.465 e. The van der Waals surface area contributed by atoms with Gasteiger partial charge in [0, 0.05) is 11.6 Å². The fraction of sp³-hybridized carbons (Fsp3) is 0.364. The lowest BCUT2D eigenvalue weighted by Crippen LogP contribution is -2.39. The van der Waals surface area contributed by atoms with Crippen molar-refractivity contribution in [3.8, 4) is 0 Å². The summed E-state index contributed by atoms with van der Waals surface area (Å²) in [5, 5.41) is 2.81. The highest BCUT2D eigenvalue weighted by molar-refractivity contribution is 5.91. The molecule has 76 valence electrons. The van der Waals surface area contributed by atoms with Crippen molar-refractivity contribution in [1.82, 2.24) is 5.32 Å². The first-order valence-corrected chi connectivity index (χ1v) is 4.51. The van der Waals surface area contributed by atoms with Crippen LogP contribution < -0.4 is 5.32 Å². The van der Waals surface area contributed by atoms with Gasteiger partial charge in [0.25, 0.3) is 0 Å². The predicted octanol–water partition coefficient (Wildman–Crippen LogP) is 2.21. The first-order chi connectivity index (χ1) is 6.47. The van der Waals surface area contributed by atoms with Crippen LogP contribution >= 0.6 is 0 Å². The molecule has 0 atom stereocenters. The zero-order valence-electron chi connectivity index (χ0n) is 8.70. The van der Waals surface area contributed by atoms with E-state index in [2.05, 4.69) is 5.32 Å². The molecule has 0 radical (unpaired) electrons. The topological polar surface area (TPSA) is 42.2 Å². The first kappa shape index (κ1) is 10.6. The fourth-order valence-corrected chi connectivity index (χ4v) is 0.955. The van der Waals surface area contributed by atoms with Crippen molar-refractivity contribution in [3.05, 3.63) is 30.2 Å². The molecule has 3 heteroatoms. The molecule has 0 saturated heterocycles. The van der Waals surface area contributed by atoms with Gasteiger partial charge in [-0.2, -0.15) is 0 Å². The summed E-state index contributed by atoms with van der Waals surface area (Å²) in [5.74, 6) is 0.558. The molecule has 0 aliphatic carbocycles. The summed E-state index contributed by atoms with van der Waals surface area (Å²) in [6.45, 7) is 5.81. The van der Waals surface area contributed by atoms with Crippen LogP contribution in [0.5, 0.6) is 0 Å². The average Bonchev–Trinajstić information content (AvgIpc) is 2.49. The molecule has 0 fully saturated rings. The van der Waals surface area contributed by atoms with Crippen molar-refractivity contribution in [2.24, 2.45) is 0 Å². The average molecular weight is 193 g/mol. The molecule has 1 rings (SSSR count). The standard InChI is InChI=1S/C11H15NO2/c1-11(2,3)12-10(13)7-6-9-5-4-8-14-9/h4-8H,1-3H3,(H,12,13)/b7-6+. The highest BCUT2D eigenvalue weighted by atomic mass is 16.3. The molecular weight excluding hydrogens is 178 g/mol. The number of nitrogens with one attached hydrogen (secondary N) is 1. The molecule has 1 aromatic rings. The molecule has 0 aliphatic heterocycles. The van der Waals surface area contributed by atoms with Crippen molar-refractivity contribution in [2.45, 2.75) is 26.3 Å². The lowest BCUT2D eigenvalue weighted by atomic mass is 10.1. The molecule has 0 bridgehead atoms. The maximum absolute atomic E-state index is 11.3. The third-order valence-corrected chi connectivity index (χ3v) is 1.44. The van der Waals surface area contributed by atoms with E-state index in [0.717, 1.165) is 0 Å². The second-order valence-electron chi connectivity index (χ2n) is 4.09. The SMILES string of the molecule is CC(C)(C)NC(=O)/C=C/c1ccco1. The normalized spacial score (nSPS) is 11.9.